The summed E-state index contributed by atoms with van der Waals surface area (Å²) >= 11 is -0.513. The minimum absolute atomic E-state index is 0.312. The van der Waals surface area contributed by atoms with Crippen LogP contribution < -0.4 is 0 Å². The van der Waals surface area contributed by atoms with Crippen LogP contribution in [0.15, 0.2) is 36.4 Å². The quantitative estimate of drug-likeness (QED) is 0.343. The maximum absolute atomic E-state index is 4.93. The molecule has 2 aromatic carbocycles. The summed E-state index contributed by atoms with van der Waals surface area (Å²) in [7, 11) is 9.87. The van der Waals surface area contributed by atoms with Gasteiger partial charge in [-0.25, -0.2) is 23.3 Å². The molecule has 0 bridgehead atoms. The summed E-state index contributed by atoms with van der Waals surface area (Å²) in [6, 6.07) is 12.8. The Morgan fingerprint density at radius 3 is 1.15 bits per heavy atom. The van der Waals surface area contributed by atoms with Gasteiger partial charge in [-0.05, 0) is 0 Å². The molecule has 111 valence electrons. The van der Waals surface area contributed by atoms with E-state index in [9.17, 15) is 0 Å². The van der Waals surface area contributed by atoms with Crippen molar-refractivity contribution in [3.05, 3.63) is 58.7 Å². The Bertz CT molecular complexity index is 348. The van der Waals surface area contributed by atoms with Crippen molar-refractivity contribution in [1.82, 2.24) is 0 Å². The Morgan fingerprint density at radius 2 is 1.10 bits per heavy atom. The average molecular weight is 452 g/mol. The van der Waals surface area contributed by atoms with E-state index in [1.54, 1.807) is 0 Å². The molecule has 0 amide bonds. The van der Waals surface area contributed by atoms with E-state index in [0.717, 1.165) is 0 Å². The van der Waals surface area contributed by atoms with E-state index >= 15 is 0 Å². The summed E-state index contributed by atoms with van der Waals surface area (Å²) in [4.78, 5) is 0. The van der Waals surface area contributed by atoms with Gasteiger partial charge >= 0.3 is 64.8 Å². The molecule has 1 radical (unpaired) electrons. The van der Waals surface area contributed by atoms with Crippen LogP contribution >= 0.6 is 17.0 Å². The standard InChI is InChI=1S/2C7H9.C2H7Ge.2ClH.Zr/c2*1-6-3-4-7(2)5-6;1-3-2;;;/h2*3-5H,1-2H3;3H,1-2H3;2*1H;/q2*-1;;;;+4/p-2. The summed E-state index contributed by atoms with van der Waals surface area (Å²) in [5.41, 5.74) is 5.44. The molecule has 20 heavy (non-hydrogen) atoms. The van der Waals surface area contributed by atoms with Gasteiger partial charge in [-0.2, -0.15) is 35.4 Å². The van der Waals surface area contributed by atoms with Crippen molar-refractivity contribution in [1.29, 1.82) is 0 Å². The monoisotopic (exact) mass is 451 g/mol. The third kappa shape index (κ3) is 16.8. The second-order valence-corrected chi connectivity index (χ2v) is 10.7. The molecule has 0 fully saturated rings. The normalized spacial score (nSPS) is 8.00. The third-order valence-corrected chi connectivity index (χ3v) is 2.13. The molecule has 2 aromatic rings. The number of aryl methyl sites for hydroxylation is 4. The van der Waals surface area contributed by atoms with Crippen LogP contribution in [0.4, 0.5) is 0 Å². The first-order valence-corrected chi connectivity index (χ1v) is 17.7. The van der Waals surface area contributed by atoms with Crippen LogP contribution in [0.5, 0.6) is 0 Å². The van der Waals surface area contributed by atoms with Crippen LogP contribution in [0.25, 0.3) is 0 Å². The molecule has 0 unspecified atom stereocenters. The Hall–Kier alpha value is 0.706. The summed E-state index contributed by atoms with van der Waals surface area (Å²) in [5, 5.41) is 0. The van der Waals surface area contributed by atoms with E-state index in [1.807, 2.05) is 0 Å². The van der Waals surface area contributed by atoms with Crippen LogP contribution in [0, 0.1) is 27.7 Å². The molecule has 0 aromatic heterocycles. The van der Waals surface area contributed by atoms with Crippen LogP contribution in [0.2, 0.25) is 11.5 Å². The zero-order valence-electron chi connectivity index (χ0n) is 13.3. The van der Waals surface area contributed by atoms with Gasteiger partial charge in [-0.3, -0.25) is 0 Å². The topological polar surface area (TPSA) is 0 Å². The summed E-state index contributed by atoms with van der Waals surface area (Å²) in [6.45, 7) is 8.42. The third-order valence-electron chi connectivity index (χ3n) is 2.13. The molecule has 0 saturated carbocycles. The fourth-order valence-electron chi connectivity index (χ4n) is 1.44. The van der Waals surface area contributed by atoms with E-state index in [0.29, 0.717) is 15.4 Å². The molecule has 0 heterocycles. The molecule has 4 heteroatoms. The molecule has 2 rings (SSSR count). The molecule has 0 aliphatic heterocycles. The Morgan fingerprint density at radius 1 is 0.850 bits per heavy atom. The zero-order chi connectivity index (χ0) is 16.0. The predicted molar refractivity (Wildman–Crippen MR) is 93.6 cm³/mol. The molecule has 0 nitrogen and oxygen atoms in total. The number of rotatable bonds is 0. The molecule has 0 aliphatic rings. The predicted octanol–water partition coefficient (Wildman–Crippen LogP) is 5.94. The SMILES string of the molecule is Cc1c[cH-]c(C)c1.Cc1c[cH-]c(C)c1.[CH3][GeH][CH3].[Cl][Zr+2][Cl]. The van der Waals surface area contributed by atoms with E-state index in [2.05, 4.69) is 75.6 Å². The Balaban J connectivity index is 0. The van der Waals surface area contributed by atoms with Crippen molar-refractivity contribution in [2.75, 3.05) is 0 Å². The second kappa shape index (κ2) is 16.1. The molecular weight excluding hydrogens is 427 g/mol. The fraction of sp³-hybridized carbons (Fsp3) is 0.375. The zero-order valence-corrected chi connectivity index (χ0v) is 19.7. The van der Waals surface area contributed by atoms with Gasteiger partial charge in [0.15, 0.2) is 0 Å². The molecule has 0 atom stereocenters. The maximum atomic E-state index is 4.93. The van der Waals surface area contributed by atoms with Crippen molar-refractivity contribution in [3.63, 3.8) is 0 Å². The summed E-state index contributed by atoms with van der Waals surface area (Å²) < 4.78 is 0. The Labute approximate surface area is 150 Å². The van der Waals surface area contributed by atoms with Gasteiger partial charge in [-0.1, -0.05) is 27.7 Å². The second-order valence-electron chi connectivity index (χ2n) is 4.58. The first-order valence-electron chi connectivity index (χ1n) is 6.51. The van der Waals surface area contributed by atoms with Gasteiger partial charge in [0.25, 0.3) is 0 Å². The first kappa shape index (κ1) is 23.0. The van der Waals surface area contributed by atoms with Gasteiger partial charge < -0.3 is 0 Å². The Kier molecular flexibility index (Phi) is 18.5. The van der Waals surface area contributed by atoms with Crippen molar-refractivity contribution < 1.29 is 20.8 Å². The fourth-order valence-corrected chi connectivity index (χ4v) is 1.44. The van der Waals surface area contributed by atoms with E-state index in [1.165, 1.54) is 22.3 Å². The van der Waals surface area contributed by atoms with Crippen LogP contribution in [-0.4, -0.2) is 15.4 Å². The van der Waals surface area contributed by atoms with Crippen LogP contribution in [0.1, 0.15) is 22.3 Å². The number of halogens is 2. The number of hydrogen-bond donors (Lipinski definition) is 0. The molecule has 0 spiro atoms. The number of hydrogen-bond acceptors (Lipinski definition) is 0. The summed E-state index contributed by atoms with van der Waals surface area (Å²) in [5.74, 6) is 4.56. The van der Waals surface area contributed by atoms with Crippen molar-refractivity contribution in [3.8, 4) is 0 Å². The van der Waals surface area contributed by atoms with Crippen LogP contribution in [0.3, 0.4) is 0 Å². The van der Waals surface area contributed by atoms with Gasteiger partial charge in [-0.15, -0.1) is 0 Å². The first-order chi connectivity index (χ1) is 9.40. The van der Waals surface area contributed by atoms with E-state index in [4.69, 9.17) is 17.0 Å². The molecule has 0 aliphatic carbocycles. The van der Waals surface area contributed by atoms with Crippen molar-refractivity contribution >= 4 is 32.5 Å². The molecule has 0 N–H and O–H groups in total. The van der Waals surface area contributed by atoms with Gasteiger partial charge in [0.2, 0.25) is 0 Å². The molecular formula is C16H25Cl2GeZr. The summed E-state index contributed by atoms with van der Waals surface area (Å²) in [6.07, 6.45) is 0. The average Bonchev–Trinajstić information content (AvgIpc) is 2.90. The van der Waals surface area contributed by atoms with E-state index < -0.39 is 20.8 Å². The van der Waals surface area contributed by atoms with Gasteiger partial charge in [0, 0.05) is 0 Å². The molecule has 0 saturated heterocycles. The van der Waals surface area contributed by atoms with E-state index in [-0.39, 0.29) is 0 Å². The van der Waals surface area contributed by atoms with Gasteiger partial charge in [0.1, 0.15) is 0 Å². The van der Waals surface area contributed by atoms with Gasteiger partial charge in [0.05, 0.1) is 0 Å². The van der Waals surface area contributed by atoms with Crippen molar-refractivity contribution in [2.24, 2.45) is 0 Å². The van der Waals surface area contributed by atoms with Crippen molar-refractivity contribution in [2.45, 2.75) is 39.2 Å². The van der Waals surface area contributed by atoms with Crippen LogP contribution in [-0.2, 0) is 20.8 Å². The minimum atomic E-state index is -0.826.